The number of nitrogens with zero attached hydrogens (tertiary/aromatic N) is 4. The molecule has 7 nitrogen and oxygen atoms in total. The van der Waals surface area contributed by atoms with Crippen molar-refractivity contribution in [2.75, 3.05) is 54.5 Å². The zero-order valence-electron chi connectivity index (χ0n) is 24.6. The van der Waals surface area contributed by atoms with Crippen LogP contribution in [0.3, 0.4) is 0 Å². The molecule has 0 unspecified atom stereocenters. The summed E-state index contributed by atoms with van der Waals surface area (Å²) < 4.78 is 31.8. The van der Waals surface area contributed by atoms with Gasteiger partial charge in [0, 0.05) is 54.3 Å². The minimum atomic E-state index is -0.943. The van der Waals surface area contributed by atoms with Crippen molar-refractivity contribution in [1.29, 1.82) is 0 Å². The fraction of sp³-hybridized carbons (Fsp3) is 0.371. The molecule has 44 heavy (non-hydrogen) atoms. The Morgan fingerprint density at radius 1 is 0.864 bits per heavy atom. The highest BCUT2D eigenvalue weighted by molar-refractivity contribution is 9.09. The summed E-state index contributed by atoms with van der Waals surface area (Å²) in [5.74, 6) is 1.52. The quantitative estimate of drug-likeness (QED) is 0.200. The van der Waals surface area contributed by atoms with Crippen molar-refractivity contribution in [3.05, 3.63) is 102 Å². The standard InChI is InChI=1S/C35H36BrFN4O3/c36-24-35(26-10-12-27(37)13-11-26)43-23-30(44-35)22-42-29-16-14-28(15-17-29)40-18-20-41(21-19-40)34-31-8-4-5-9-32(31)38-33(39-34)25-6-2-1-3-7-25/h1-3,6-7,10-17,30H,4-5,8-9,18-24H2/t30-,35-/m1/s1. The average Bonchev–Trinajstić information content (AvgIpc) is 3.52. The molecular weight excluding hydrogens is 623 g/mol. The first-order valence-corrected chi connectivity index (χ1v) is 16.5. The monoisotopic (exact) mass is 658 g/mol. The van der Waals surface area contributed by atoms with Gasteiger partial charge < -0.3 is 24.0 Å². The molecule has 1 aliphatic carbocycles. The van der Waals surface area contributed by atoms with E-state index in [0.29, 0.717) is 18.5 Å². The third-order valence-electron chi connectivity index (χ3n) is 8.73. The predicted molar refractivity (Wildman–Crippen MR) is 173 cm³/mol. The number of ether oxygens (including phenoxy) is 3. The summed E-state index contributed by atoms with van der Waals surface area (Å²) in [5.41, 5.74) is 5.60. The minimum absolute atomic E-state index is 0.236. The van der Waals surface area contributed by atoms with Crippen molar-refractivity contribution >= 4 is 27.4 Å². The number of alkyl halides is 1. The zero-order chi connectivity index (χ0) is 29.9. The number of hydrogen-bond donors (Lipinski definition) is 0. The Balaban J connectivity index is 0.962. The van der Waals surface area contributed by atoms with Crippen molar-refractivity contribution in [1.82, 2.24) is 9.97 Å². The van der Waals surface area contributed by atoms with Gasteiger partial charge in [-0.1, -0.05) is 58.4 Å². The van der Waals surface area contributed by atoms with Crippen LogP contribution >= 0.6 is 15.9 Å². The third-order valence-corrected chi connectivity index (χ3v) is 9.47. The van der Waals surface area contributed by atoms with E-state index in [1.54, 1.807) is 12.1 Å². The van der Waals surface area contributed by atoms with Gasteiger partial charge in [-0.15, -0.1) is 0 Å². The van der Waals surface area contributed by atoms with Gasteiger partial charge in [-0.25, -0.2) is 14.4 Å². The topological polar surface area (TPSA) is 60.0 Å². The number of aromatic nitrogens is 2. The predicted octanol–water partition coefficient (Wildman–Crippen LogP) is 6.53. The molecule has 0 radical (unpaired) electrons. The van der Waals surface area contributed by atoms with E-state index >= 15 is 0 Å². The van der Waals surface area contributed by atoms with Crippen LogP contribution in [0.5, 0.6) is 5.75 Å². The summed E-state index contributed by atoms with van der Waals surface area (Å²) >= 11 is 3.51. The largest absolute Gasteiger partial charge is 0.491 e. The van der Waals surface area contributed by atoms with Crippen molar-refractivity contribution in [2.45, 2.75) is 37.6 Å². The number of benzene rings is 3. The lowest BCUT2D eigenvalue weighted by molar-refractivity contribution is -0.159. The van der Waals surface area contributed by atoms with E-state index in [0.717, 1.165) is 67.5 Å². The second kappa shape index (κ2) is 12.8. The molecule has 3 aliphatic rings. The SMILES string of the molecule is Fc1ccc([C@]2(CBr)OC[C@@H](COc3ccc(N4CCN(c5nc(-c6ccccc6)nc6c5CCCC6)CC4)cc3)O2)cc1. The van der Waals surface area contributed by atoms with E-state index in [1.807, 2.05) is 18.2 Å². The van der Waals surface area contributed by atoms with Crippen molar-refractivity contribution in [2.24, 2.45) is 0 Å². The summed E-state index contributed by atoms with van der Waals surface area (Å²) in [6.45, 7) is 4.43. The normalized spacial score (nSPS) is 21.7. The van der Waals surface area contributed by atoms with Crippen molar-refractivity contribution in [3.63, 3.8) is 0 Å². The van der Waals surface area contributed by atoms with Crippen LogP contribution < -0.4 is 14.5 Å². The fourth-order valence-corrected chi connectivity index (χ4v) is 6.94. The van der Waals surface area contributed by atoms with Crippen molar-refractivity contribution < 1.29 is 18.6 Å². The molecule has 2 atom stereocenters. The highest BCUT2D eigenvalue weighted by atomic mass is 79.9. The molecule has 9 heteroatoms. The molecule has 0 bridgehead atoms. The Bertz CT molecular complexity index is 1570. The molecule has 0 saturated carbocycles. The maximum atomic E-state index is 13.4. The molecule has 228 valence electrons. The number of aryl methyl sites for hydroxylation is 1. The smallest absolute Gasteiger partial charge is 0.205 e. The van der Waals surface area contributed by atoms with E-state index < -0.39 is 5.79 Å². The highest BCUT2D eigenvalue weighted by Gasteiger charge is 2.42. The molecule has 7 rings (SSSR count). The minimum Gasteiger partial charge on any atom is -0.491 e. The number of hydrogen-bond acceptors (Lipinski definition) is 7. The van der Waals surface area contributed by atoms with E-state index in [-0.39, 0.29) is 11.9 Å². The number of fused-ring (bicyclic) bond motifs is 1. The van der Waals surface area contributed by atoms with Crippen LogP contribution in [0.2, 0.25) is 0 Å². The molecule has 2 fully saturated rings. The van der Waals surface area contributed by atoms with Gasteiger partial charge in [-0.2, -0.15) is 0 Å². The van der Waals surface area contributed by atoms with Crippen LogP contribution in [0, 0.1) is 5.82 Å². The van der Waals surface area contributed by atoms with Crippen LogP contribution in [0.4, 0.5) is 15.9 Å². The first kappa shape index (κ1) is 29.2. The van der Waals surface area contributed by atoms with Gasteiger partial charge in [0.25, 0.3) is 0 Å². The van der Waals surface area contributed by atoms with Crippen molar-refractivity contribution in [3.8, 4) is 17.1 Å². The van der Waals surface area contributed by atoms with E-state index in [4.69, 9.17) is 24.2 Å². The summed E-state index contributed by atoms with van der Waals surface area (Å²) in [6.07, 6.45) is 4.25. The molecular formula is C35H36BrFN4O3. The molecule has 2 aliphatic heterocycles. The first-order valence-electron chi connectivity index (χ1n) is 15.4. The first-order chi connectivity index (χ1) is 21.6. The lowest BCUT2D eigenvalue weighted by Crippen LogP contribution is -2.47. The molecule has 2 saturated heterocycles. The summed E-state index contributed by atoms with van der Waals surface area (Å²) in [5, 5.41) is 0.442. The number of rotatable bonds is 8. The molecule has 1 aromatic heterocycles. The molecule has 0 amide bonds. The summed E-state index contributed by atoms with van der Waals surface area (Å²) in [7, 11) is 0. The zero-order valence-corrected chi connectivity index (χ0v) is 26.2. The molecule has 3 heterocycles. The maximum Gasteiger partial charge on any atom is 0.205 e. The van der Waals surface area contributed by atoms with Gasteiger partial charge in [0.15, 0.2) is 5.82 Å². The van der Waals surface area contributed by atoms with Crippen LogP contribution in [-0.2, 0) is 28.1 Å². The van der Waals surface area contributed by atoms with Crippen LogP contribution in [0.1, 0.15) is 29.7 Å². The molecule has 0 spiro atoms. The van der Waals surface area contributed by atoms with E-state index in [1.165, 1.54) is 41.9 Å². The van der Waals surface area contributed by atoms with Crippen LogP contribution in [0.25, 0.3) is 11.4 Å². The van der Waals surface area contributed by atoms with Gasteiger partial charge in [0.1, 0.15) is 30.1 Å². The summed E-state index contributed by atoms with van der Waals surface area (Å²) in [6, 6.07) is 24.8. The lowest BCUT2D eigenvalue weighted by Gasteiger charge is -2.38. The van der Waals surface area contributed by atoms with Crippen LogP contribution in [-0.4, -0.2) is 60.8 Å². The highest BCUT2D eigenvalue weighted by Crippen LogP contribution is 2.37. The molecule has 4 aromatic rings. The van der Waals surface area contributed by atoms with Gasteiger partial charge in [-0.3, -0.25) is 0 Å². The molecule has 3 aromatic carbocycles. The lowest BCUT2D eigenvalue weighted by atomic mass is 9.95. The van der Waals surface area contributed by atoms with E-state index in [9.17, 15) is 4.39 Å². The molecule has 0 N–H and O–H groups in total. The Hall–Kier alpha value is -3.53. The van der Waals surface area contributed by atoms with Gasteiger partial charge >= 0.3 is 0 Å². The third kappa shape index (κ3) is 6.05. The number of piperazine rings is 1. The van der Waals surface area contributed by atoms with Gasteiger partial charge in [0.05, 0.1) is 11.9 Å². The van der Waals surface area contributed by atoms with E-state index in [2.05, 4.69) is 62.1 Å². The maximum absolute atomic E-state index is 13.4. The Kier molecular flexibility index (Phi) is 8.51. The van der Waals surface area contributed by atoms with Gasteiger partial charge in [-0.05, 0) is 62.1 Å². The van der Waals surface area contributed by atoms with Crippen LogP contribution in [0.15, 0.2) is 78.9 Å². The number of halogens is 2. The second-order valence-electron chi connectivity index (χ2n) is 11.6. The Labute approximate surface area is 266 Å². The Morgan fingerprint density at radius 3 is 2.34 bits per heavy atom. The number of anilines is 2. The second-order valence-corrected chi connectivity index (χ2v) is 12.2. The fourth-order valence-electron chi connectivity index (χ4n) is 6.32. The summed E-state index contributed by atoms with van der Waals surface area (Å²) in [4.78, 5) is 15.0. The average molecular weight is 660 g/mol. The van der Waals surface area contributed by atoms with Gasteiger partial charge in [0.2, 0.25) is 5.79 Å². The Morgan fingerprint density at radius 2 is 1.59 bits per heavy atom.